The normalized spacial score (nSPS) is 0. The molecule has 0 radical (unpaired) electrons. The van der Waals surface area contributed by atoms with Gasteiger partial charge in [0.15, 0.2) is 0 Å². The Labute approximate surface area is 46.8 Å². The molecule has 0 unspecified atom stereocenters. The molecule has 0 aliphatic heterocycles. The SMILES string of the molecule is Cl.O.O.O.[Cr]. The Bertz CT molecular complexity index is 6.85. The molecule has 0 rings (SSSR count). The van der Waals surface area contributed by atoms with Crippen LogP contribution in [0.5, 0.6) is 0 Å². The van der Waals surface area contributed by atoms with Crippen LogP contribution in [0.2, 0.25) is 0 Å². The molecule has 0 spiro atoms. The minimum atomic E-state index is 0. The van der Waals surface area contributed by atoms with Crippen LogP contribution in [-0.4, -0.2) is 16.4 Å². The molecule has 3 nitrogen and oxygen atoms in total. The predicted molar refractivity (Wildman–Crippen MR) is 18.1 cm³/mol. The predicted octanol–water partition coefficient (Wildman–Crippen LogP) is -2.05. The first-order valence-corrected chi connectivity index (χ1v) is 0. The molecule has 0 saturated heterocycles. The summed E-state index contributed by atoms with van der Waals surface area (Å²) in [4.78, 5) is 0. The second kappa shape index (κ2) is 131. The summed E-state index contributed by atoms with van der Waals surface area (Å²) in [5, 5.41) is 0. The first-order valence-electron chi connectivity index (χ1n) is 0. The zero-order valence-corrected chi connectivity index (χ0v) is 4.41. The van der Waals surface area contributed by atoms with Crippen molar-refractivity contribution >= 4 is 12.4 Å². The molecule has 38 valence electrons. The zero-order chi connectivity index (χ0) is 0. The Balaban J connectivity index is 0. The summed E-state index contributed by atoms with van der Waals surface area (Å²) in [6, 6.07) is 0. The fraction of sp³-hybridized carbons (Fsp3) is 0. The van der Waals surface area contributed by atoms with E-state index in [0.717, 1.165) is 0 Å². The Hall–Kier alpha value is 0.702. The first-order chi connectivity index (χ1) is 0. The largest absolute Gasteiger partial charge is 0.412 e. The van der Waals surface area contributed by atoms with E-state index in [4.69, 9.17) is 0 Å². The summed E-state index contributed by atoms with van der Waals surface area (Å²) in [5.41, 5.74) is 0. The van der Waals surface area contributed by atoms with Crippen LogP contribution in [0.25, 0.3) is 0 Å². The van der Waals surface area contributed by atoms with E-state index in [0.29, 0.717) is 0 Å². The summed E-state index contributed by atoms with van der Waals surface area (Å²) >= 11 is 0. The van der Waals surface area contributed by atoms with Crippen LogP contribution in [-0.2, 0) is 17.4 Å². The van der Waals surface area contributed by atoms with Gasteiger partial charge in [-0.2, -0.15) is 0 Å². The zero-order valence-electron chi connectivity index (χ0n) is 2.32. The number of hydrogen-bond donors (Lipinski definition) is 0. The summed E-state index contributed by atoms with van der Waals surface area (Å²) in [6.45, 7) is 0. The molecule has 0 bridgehead atoms. The van der Waals surface area contributed by atoms with Crippen LogP contribution < -0.4 is 0 Å². The van der Waals surface area contributed by atoms with Crippen molar-refractivity contribution in [3.05, 3.63) is 0 Å². The molecule has 5 heteroatoms. The minimum absolute atomic E-state index is 0. The maximum Gasteiger partial charge on any atom is 0 e. The molecule has 0 heterocycles. The maximum absolute atomic E-state index is 0. The van der Waals surface area contributed by atoms with Crippen molar-refractivity contribution < 1.29 is 33.8 Å². The number of rotatable bonds is 0. The van der Waals surface area contributed by atoms with Crippen molar-refractivity contribution in [3.63, 3.8) is 0 Å². The smallest absolute Gasteiger partial charge is 0 e. The van der Waals surface area contributed by atoms with Gasteiger partial charge in [0.25, 0.3) is 0 Å². The van der Waals surface area contributed by atoms with Crippen LogP contribution in [0.15, 0.2) is 0 Å². The van der Waals surface area contributed by atoms with E-state index in [1.54, 1.807) is 0 Å². The molecular formula is H7ClCrO3. The van der Waals surface area contributed by atoms with Gasteiger partial charge in [-0.25, -0.2) is 0 Å². The van der Waals surface area contributed by atoms with Gasteiger partial charge in [-0.3, -0.25) is 0 Å². The van der Waals surface area contributed by atoms with E-state index in [1.165, 1.54) is 0 Å². The molecule has 0 aromatic carbocycles. The molecule has 0 aromatic heterocycles. The minimum Gasteiger partial charge on any atom is -0.412 e. The standard InChI is InChI=1S/ClH.Cr.3H2O/h1H;;3*1H2. The average Bonchev–Trinajstić information content (AvgIpc) is 0. The van der Waals surface area contributed by atoms with Crippen molar-refractivity contribution in [2.75, 3.05) is 0 Å². The molecule has 0 amide bonds. The van der Waals surface area contributed by atoms with Gasteiger partial charge in [0.2, 0.25) is 0 Å². The molecule has 0 saturated carbocycles. The van der Waals surface area contributed by atoms with E-state index < -0.39 is 0 Å². The first kappa shape index (κ1) is 256. The Morgan fingerprint density at radius 1 is 0.600 bits per heavy atom. The fourth-order valence-corrected chi connectivity index (χ4v) is 0. The third-order valence-electron chi connectivity index (χ3n) is 0. The van der Waals surface area contributed by atoms with Crippen molar-refractivity contribution in [1.29, 1.82) is 0 Å². The molecule has 0 aliphatic rings. The van der Waals surface area contributed by atoms with Crippen LogP contribution in [0.1, 0.15) is 0 Å². The Kier molecular flexibility index (Phi) is 6680. The van der Waals surface area contributed by atoms with Gasteiger partial charge in [0, 0.05) is 17.4 Å². The molecular weight excluding hydrogens is 135 g/mol. The fourth-order valence-electron chi connectivity index (χ4n) is 0. The third-order valence-corrected chi connectivity index (χ3v) is 0. The van der Waals surface area contributed by atoms with Gasteiger partial charge in [-0.1, -0.05) is 0 Å². The summed E-state index contributed by atoms with van der Waals surface area (Å²) in [6.07, 6.45) is 0. The van der Waals surface area contributed by atoms with Crippen molar-refractivity contribution in [3.8, 4) is 0 Å². The maximum atomic E-state index is 0. The van der Waals surface area contributed by atoms with E-state index in [9.17, 15) is 0 Å². The van der Waals surface area contributed by atoms with Gasteiger partial charge in [0.1, 0.15) is 0 Å². The molecule has 0 fully saturated rings. The van der Waals surface area contributed by atoms with Crippen LogP contribution >= 0.6 is 12.4 Å². The van der Waals surface area contributed by atoms with Crippen LogP contribution in [0, 0.1) is 0 Å². The molecule has 5 heavy (non-hydrogen) atoms. The van der Waals surface area contributed by atoms with E-state index in [2.05, 4.69) is 0 Å². The van der Waals surface area contributed by atoms with Crippen molar-refractivity contribution in [2.24, 2.45) is 0 Å². The number of halogens is 1. The summed E-state index contributed by atoms with van der Waals surface area (Å²) in [5.74, 6) is 0. The Morgan fingerprint density at radius 2 is 0.600 bits per heavy atom. The van der Waals surface area contributed by atoms with Crippen molar-refractivity contribution in [1.82, 2.24) is 0 Å². The quantitative estimate of drug-likeness (QED) is 0.372. The average molecular weight is 143 g/mol. The second-order valence-corrected chi connectivity index (χ2v) is 0. The Morgan fingerprint density at radius 3 is 0.600 bits per heavy atom. The topological polar surface area (TPSA) is 94.5 Å². The molecule has 0 aromatic rings. The summed E-state index contributed by atoms with van der Waals surface area (Å²) < 4.78 is 0. The van der Waals surface area contributed by atoms with Crippen LogP contribution in [0.4, 0.5) is 0 Å². The van der Waals surface area contributed by atoms with E-state index >= 15 is 0 Å². The van der Waals surface area contributed by atoms with Crippen molar-refractivity contribution in [2.45, 2.75) is 0 Å². The second-order valence-electron chi connectivity index (χ2n) is 0. The third kappa shape index (κ3) is 69.6. The molecule has 0 atom stereocenters. The van der Waals surface area contributed by atoms with Gasteiger partial charge < -0.3 is 16.4 Å². The van der Waals surface area contributed by atoms with Gasteiger partial charge >= 0.3 is 0 Å². The number of hydrogen-bond acceptors (Lipinski definition) is 0. The summed E-state index contributed by atoms with van der Waals surface area (Å²) in [7, 11) is 0. The molecule has 0 aliphatic carbocycles. The molecule has 6 N–H and O–H groups in total. The monoisotopic (exact) mass is 142 g/mol. The van der Waals surface area contributed by atoms with Gasteiger partial charge in [-0.15, -0.1) is 12.4 Å². The van der Waals surface area contributed by atoms with Gasteiger partial charge in [-0.05, 0) is 0 Å². The van der Waals surface area contributed by atoms with Crippen LogP contribution in [0.3, 0.4) is 0 Å². The van der Waals surface area contributed by atoms with E-state index in [-0.39, 0.29) is 46.2 Å². The van der Waals surface area contributed by atoms with Gasteiger partial charge in [0.05, 0.1) is 0 Å². The van der Waals surface area contributed by atoms with E-state index in [1.807, 2.05) is 0 Å².